The molecule has 0 aliphatic rings. The van der Waals surface area contributed by atoms with E-state index in [1.807, 2.05) is 7.05 Å². The fraction of sp³-hybridized carbons (Fsp3) is 0.636. The molecule has 18 heavy (non-hydrogen) atoms. The first-order valence-corrected chi connectivity index (χ1v) is 6.15. The standard InChI is InChI=1S/C11H19ClN4O2/c1-16-9(12)7-15-10(16)8-13-4-3-11(17)14-5-6-18-2/h7,13H,3-6,8H2,1-2H3,(H,14,17). The van der Waals surface area contributed by atoms with Gasteiger partial charge in [0.1, 0.15) is 11.0 Å². The van der Waals surface area contributed by atoms with Gasteiger partial charge in [0.25, 0.3) is 0 Å². The minimum Gasteiger partial charge on any atom is -0.383 e. The normalized spacial score (nSPS) is 10.6. The lowest BCUT2D eigenvalue weighted by molar-refractivity contribution is -0.121. The van der Waals surface area contributed by atoms with E-state index < -0.39 is 0 Å². The van der Waals surface area contributed by atoms with E-state index in [4.69, 9.17) is 16.3 Å². The molecular formula is C11H19ClN4O2. The molecular weight excluding hydrogens is 256 g/mol. The summed E-state index contributed by atoms with van der Waals surface area (Å²) in [5.74, 6) is 0.859. The topological polar surface area (TPSA) is 68.2 Å². The second-order valence-electron chi connectivity index (χ2n) is 3.83. The van der Waals surface area contributed by atoms with Crippen molar-refractivity contribution in [2.75, 3.05) is 26.8 Å². The van der Waals surface area contributed by atoms with Gasteiger partial charge < -0.3 is 19.9 Å². The number of rotatable bonds is 8. The molecule has 2 N–H and O–H groups in total. The van der Waals surface area contributed by atoms with Crippen LogP contribution in [0.5, 0.6) is 0 Å². The maximum absolute atomic E-state index is 11.4. The van der Waals surface area contributed by atoms with Crippen molar-refractivity contribution in [2.45, 2.75) is 13.0 Å². The monoisotopic (exact) mass is 274 g/mol. The number of nitrogens with one attached hydrogen (secondary N) is 2. The van der Waals surface area contributed by atoms with E-state index in [0.717, 1.165) is 5.82 Å². The van der Waals surface area contributed by atoms with E-state index in [9.17, 15) is 4.79 Å². The molecule has 0 radical (unpaired) electrons. The van der Waals surface area contributed by atoms with E-state index in [2.05, 4.69) is 15.6 Å². The van der Waals surface area contributed by atoms with Gasteiger partial charge in [-0.2, -0.15) is 0 Å². The fourth-order valence-electron chi connectivity index (χ4n) is 1.37. The molecule has 0 bridgehead atoms. The molecule has 1 amide bonds. The number of imidazole rings is 1. The maximum Gasteiger partial charge on any atom is 0.221 e. The molecule has 0 unspecified atom stereocenters. The van der Waals surface area contributed by atoms with Crippen LogP contribution < -0.4 is 10.6 Å². The lowest BCUT2D eigenvalue weighted by atomic mass is 10.4. The summed E-state index contributed by atoms with van der Waals surface area (Å²) in [5.41, 5.74) is 0. The zero-order chi connectivity index (χ0) is 13.4. The van der Waals surface area contributed by atoms with Crippen LogP contribution in [0.1, 0.15) is 12.2 Å². The Kier molecular flexibility index (Phi) is 6.70. The molecule has 0 spiro atoms. The fourth-order valence-corrected chi connectivity index (χ4v) is 1.52. The molecule has 0 aliphatic heterocycles. The summed E-state index contributed by atoms with van der Waals surface area (Å²) < 4.78 is 6.64. The number of aromatic nitrogens is 2. The smallest absolute Gasteiger partial charge is 0.221 e. The van der Waals surface area contributed by atoms with Crippen molar-refractivity contribution in [3.63, 3.8) is 0 Å². The Balaban J connectivity index is 2.11. The van der Waals surface area contributed by atoms with E-state index in [-0.39, 0.29) is 5.91 Å². The number of carbonyl (C=O) groups excluding carboxylic acids is 1. The van der Waals surface area contributed by atoms with Crippen LogP contribution in [0.25, 0.3) is 0 Å². The van der Waals surface area contributed by atoms with Gasteiger partial charge in [0.2, 0.25) is 5.91 Å². The Bertz CT molecular complexity index is 381. The second kappa shape index (κ2) is 8.07. The van der Waals surface area contributed by atoms with Crippen LogP contribution in [0.3, 0.4) is 0 Å². The van der Waals surface area contributed by atoms with Crippen molar-refractivity contribution in [1.29, 1.82) is 0 Å². The summed E-state index contributed by atoms with van der Waals surface area (Å²) in [6.45, 7) is 2.27. The van der Waals surface area contributed by atoms with E-state index >= 15 is 0 Å². The highest BCUT2D eigenvalue weighted by Crippen LogP contribution is 2.08. The largest absolute Gasteiger partial charge is 0.383 e. The molecule has 0 aromatic carbocycles. The van der Waals surface area contributed by atoms with Gasteiger partial charge in [-0.05, 0) is 0 Å². The predicted octanol–water partition coefficient (Wildman–Crippen LogP) is 0.316. The average Bonchev–Trinajstić information content (AvgIpc) is 2.66. The van der Waals surface area contributed by atoms with Gasteiger partial charge in [-0.3, -0.25) is 4.79 Å². The lowest BCUT2D eigenvalue weighted by Gasteiger charge is -2.06. The van der Waals surface area contributed by atoms with Gasteiger partial charge >= 0.3 is 0 Å². The molecule has 1 rings (SSSR count). The van der Waals surface area contributed by atoms with Gasteiger partial charge in [-0.1, -0.05) is 11.6 Å². The van der Waals surface area contributed by atoms with E-state index in [1.165, 1.54) is 0 Å². The molecule has 6 nitrogen and oxygen atoms in total. The highest BCUT2D eigenvalue weighted by atomic mass is 35.5. The zero-order valence-corrected chi connectivity index (χ0v) is 11.5. The molecule has 1 aromatic rings. The quantitative estimate of drug-likeness (QED) is 0.670. The first kappa shape index (κ1) is 14.9. The maximum atomic E-state index is 11.4. The Morgan fingerprint density at radius 1 is 1.56 bits per heavy atom. The summed E-state index contributed by atoms with van der Waals surface area (Å²) in [7, 11) is 3.45. The minimum atomic E-state index is 0.0115. The van der Waals surface area contributed by atoms with Crippen LogP contribution in [-0.4, -0.2) is 42.3 Å². The van der Waals surface area contributed by atoms with Crippen molar-refractivity contribution < 1.29 is 9.53 Å². The van der Waals surface area contributed by atoms with Crippen molar-refractivity contribution >= 4 is 17.5 Å². The Hall–Kier alpha value is -1.11. The van der Waals surface area contributed by atoms with Crippen LogP contribution in [0, 0.1) is 0 Å². The number of ether oxygens (including phenoxy) is 1. The minimum absolute atomic E-state index is 0.0115. The van der Waals surface area contributed by atoms with Crippen molar-refractivity contribution in [1.82, 2.24) is 20.2 Å². The van der Waals surface area contributed by atoms with Gasteiger partial charge in [-0.15, -0.1) is 0 Å². The number of amides is 1. The van der Waals surface area contributed by atoms with Crippen LogP contribution >= 0.6 is 11.6 Å². The Morgan fingerprint density at radius 3 is 2.94 bits per heavy atom. The Labute approximate surface area is 112 Å². The van der Waals surface area contributed by atoms with Gasteiger partial charge in [-0.25, -0.2) is 4.98 Å². The third kappa shape index (κ3) is 5.03. The first-order chi connectivity index (χ1) is 8.65. The van der Waals surface area contributed by atoms with Crippen LogP contribution in [0.15, 0.2) is 6.20 Å². The molecule has 1 heterocycles. The summed E-state index contributed by atoms with van der Waals surface area (Å²) in [6, 6.07) is 0. The van der Waals surface area contributed by atoms with Crippen LogP contribution in [0.4, 0.5) is 0 Å². The number of carbonyl (C=O) groups is 1. The lowest BCUT2D eigenvalue weighted by Crippen LogP contribution is -2.30. The van der Waals surface area contributed by atoms with Crippen molar-refractivity contribution in [2.24, 2.45) is 7.05 Å². The number of hydrogen-bond donors (Lipinski definition) is 2. The number of hydrogen-bond acceptors (Lipinski definition) is 4. The molecule has 0 aliphatic carbocycles. The van der Waals surface area contributed by atoms with E-state index in [1.54, 1.807) is 17.9 Å². The number of nitrogens with zero attached hydrogens (tertiary/aromatic N) is 2. The van der Waals surface area contributed by atoms with Gasteiger partial charge in [0.15, 0.2) is 0 Å². The molecule has 0 saturated heterocycles. The van der Waals surface area contributed by atoms with Crippen LogP contribution in [-0.2, 0) is 23.1 Å². The third-order valence-corrected chi connectivity index (χ3v) is 2.82. The van der Waals surface area contributed by atoms with Gasteiger partial charge in [0, 0.05) is 33.7 Å². The van der Waals surface area contributed by atoms with Crippen molar-refractivity contribution in [3.8, 4) is 0 Å². The van der Waals surface area contributed by atoms with Gasteiger partial charge in [0.05, 0.1) is 19.3 Å². The van der Waals surface area contributed by atoms with Crippen molar-refractivity contribution in [3.05, 3.63) is 17.2 Å². The SMILES string of the molecule is COCCNC(=O)CCNCc1ncc(Cl)n1C. The molecule has 102 valence electrons. The van der Waals surface area contributed by atoms with E-state index in [0.29, 0.717) is 37.8 Å². The summed E-state index contributed by atoms with van der Waals surface area (Å²) in [4.78, 5) is 15.5. The third-order valence-electron chi connectivity index (χ3n) is 2.47. The second-order valence-corrected chi connectivity index (χ2v) is 4.21. The molecule has 1 aromatic heterocycles. The molecule has 7 heteroatoms. The summed E-state index contributed by atoms with van der Waals surface area (Å²) >= 11 is 5.86. The predicted molar refractivity (Wildman–Crippen MR) is 69.4 cm³/mol. The Morgan fingerprint density at radius 2 is 2.33 bits per heavy atom. The first-order valence-electron chi connectivity index (χ1n) is 5.77. The number of methoxy groups -OCH3 is 1. The highest BCUT2D eigenvalue weighted by Gasteiger charge is 2.04. The average molecular weight is 275 g/mol. The summed E-state index contributed by atoms with van der Waals surface area (Å²) in [5, 5.41) is 6.50. The molecule has 0 fully saturated rings. The number of halogens is 1. The van der Waals surface area contributed by atoms with Crippen LogP contribution in [0.2, 0.25) is 5.15 Å². The molecule has 0 saturated carbocycles. The zero-order valence-electron chi connectivity index (χ0n) is 10.7. The highest BCUT2D eigenvalue weighted by molar-refractivity contribution is 6.29. The summed E-state index contributed by atoms with van der Waals surface area (Å²) in [6.07, 6.45) is 2.04. The molecule has 0 atom stereocenters.